The Morgan fingerprint density at radius 3 is 2.48 bits per heavy atom. The Kier molecular flexibility index (Phi) is 4.30. The van der Waals surface area contributed by atoms with Gasteiger partial charge < -0.3 is 9.72 Å². The molecule has 0 aliphatic heterocycles. The van der Waals surface area contributed by atoms with Crippen molar-refractivity contribution in [1.29, 1.82) is 0 Å². The molecule has 0 fully saturated rings. The number of para-hydroxylation sites is 1. The average Bonchev–Trinajstić information content (AvgIpc) is 3.05. The van der Waals surface area contributed by atoms with Crippen molar-refractivity contribution < 1.29 is 19.2 Å². The SMILES string of the molecule is C[C@@H](OC(=O)c1ccc([N+](=O)[O-])cc1)C(=O)c1c[nH]c2ccccc12. The maximum Gasteiger partial charge on any atom is 0.338 e. The van der Waals surface area contributed by atoms with E-state index in [0.717, 1.165) is 10.9 Å². The minimum Gasteiger partial charge on any atom is -0.451 e. The van der Waals surface area contributed by atoms with Crippen LogP contribution in [0, 0.1) is 10.1 Å². The van der Waals surface area contributed by atoms with Crippen LogP contribution in [-0.4, -0.2) is 27.8 Å². The van der Waals surface area contributed by atoms with Crippen molar-refractivity contribution in [3.8, 4) is 0 Å². The molecule has 3 rings (SSSR count). The van der Waals surface area contributed by atoms with Crippen molar-refractivity contribution in [3.05, 3.63) is 76.0 Å². The van der Waals surface area contributed by atoms with E-state index in [0.29, 0.717) is 5.56 Å². The number of hydrogen-bond acceptors (Lipinski definition) is 5. The monoisotopic (exact) mass is 338 g/mol. The molecule has 0 saturated carbocycles. The molecule has 0 unspecified atom stereocenters. The summed E-state index contributed by atoms with van der Waals surface area (Å²) in [6.45, 7) is 1.49. The van der Waals surface area contributed by atoms with Gasteiger partial charge in [0.25, 0.3) is 5.69 Å². The highest BCUT2D eigenvalue weighted by molar-refractivity contribution is 6.10. The molecule has 7 nitrogen and oxygen atoms in total. The molecule has 0 radical (unpaired) electrons. The number of rotatable bonds is 5. The molecule has 0 spiro atoms. The number of hydrogen-bond donors (Lipinski definition) is 1. The normalized spacial score (nSPS) is 11.9. The van der Waals surface area contributed by atoms with Gasteiger partial charge in [0.1, 0.15) is 0 Å². The zero-order valence-electron chi connectivity index (χ0n) is 13.3. The second kappa shape index (κ2) is 6.56. The van der Waals surface area contributed by atoms with E-state index in [1.54, 1.807) is 6.20 Å². The molecular weight excluding hydrogens is 324 g/mol. The van der Waals surface area contributed by atoms with E-state index in [1.807, 2.05) is 24.3 Å². The first kappa shape index (κ1) is 16.4. The topological polar surface area (TPSA) is 102 Å². The molecule has 3 aromatic rings. The first-order chi connectivity index (χ1) is 12.0. The van der Waals surface area contributed by atoms with Gasteiger partial charge in [-0.3, -0.25) is 14.9 Å². The summed E-state index contributed by atoms with van der Waals surface area (Å²) in [7, 11) is 0. The van der Waals surface area contributed by atoms with Gasteiger partial charge in [-0.15, -0.1) is 0 Å². The summed E-state index contributed by atoms with van der Waals surface area (Å²) in [5.41, 5.74) is 1.28. The molecule has 0 bridgehead atoms. The van der Waals surface area contributed by atoms with Crippen LogP contribution in [0.3, 0.4) is 0 Å². The lowest BCUT2D eigenvalue weighted by Crippen LogP contribution is -2.24. The number of benzene rings is 2. The molecule has 1 N–H and O–H groups in total. The summed E-state index contributed by atoms with van der Waals surface area (Å²) in [5, 5.41) is 11.4. The first-order valence-corrected chi connectivity index (χ1v) is 7.53. The third kappa shape index (κ3) is 3.25. The number of ketones is 1. The smallest absolute Gasteiger partial charge is 0.338 e. The highest BCUT2D eigenvalue weighted by atomic mass is 16.6. The molecular formula is C18H14N2O5. The fourth-order valence-electron chi connectivity index (χ4n) is 2.50. The molecule has 0 aliphatic carbocycles. The molecule has 126 valence electrons. The summed E-state index contributed by atoms with van der Waals surface area (Å²) in [6, 6.07) is 12.3. The van der Waals surface area contributed by atoms with Gasteiger partial charge in [0.2, 0.25) is 5.78 Å². The second-order valence-corrected chi connectivity index (χ2v) is 5.46. The molecule has 1 aromatic heterocycles. The number of nitrogens with one attached hydrogen (secondary N) is 1. The number of aromatic nitrogens is 1. The Morgan fingerprint density at radius 1 is 1.12 bits per heavy atom. The molecule has 2 aromatic carbocycles. The highest BCUT2D eigenvalue weighted by Gasteiger charge is 2.23. The van der Waals surface area contributed by atoms with Crippen molar-refractivity contribution in [2.75, 3.05) is 0 Å². The number of fused-ring (bicyclic) bond motifs is 1. The standard InChI is InChI=1S/C18H14N2O5/c1-11(17(21)15-10-19-16-5-3-2-4-14(15)16)25-18(22)12-6-8-13(9-7-12)20(23)24/h2-11,19H,1H3/t11-/m1/s1. The van der Waals surface area contributed by atoms with Gasteiger partial charge in [-0.1, -0.05) is 18.2 Å². The van der Waals surface area contributed by atoms with Gasteiger partial charge in [-0.25, -0.2) is 4.79 Å². The molecule has 7 heteroatoms. The number of Topliss-reactive ketones (excluding diaryl/α,β-unsaturated/α-hetero) is 1. The van der Waals surface area contributed by atoms with Crippen LogP contribution in [0.15, 0.2) is 54.7 Å². The van der Waals surface area contributed by atoms with Gasteiger partial charge in [-0.2, -0.15) is 0 Å². The average molecular weight is 338 g/mol. The van der Waals surface area contributed by atoms with E-state index in [4.69, 9.17) is 4.74 Å². The maximum absolute atomic E-state index is 12.5. The third-order valence-electron chi connectivity index (χ3n) is 3.82. The van der Waals surface area contributed by atoms with Crippen molar-refractivity contribution in [1.82, 2.24) is 4.98 Å². The van der Waals surface area contributed by atoms with E-state index in [1.165, 1.54) is 31.2 Å². The summed E-state index contributed by atoms with van der Waals surface area (Å²) in [6.07, 6.45) is 0.602. The number of carbonyl (C=O) groups excluding carboxylic acids is 2. The molecule has 0 amide bonds. The van der Waals surface area contributed by atoms with Crippen LogP contribution >= 0.6 is 0 Å². The van der Waals surface area contributed by atoms with Crippen molar-refractivity contribution >= 4 is 28.3 Å². The fourth-order valence-corrected chi connectivity index (χ4v) is 2.50. The predicted molar refractivity (Wildman–Crippen MR) is 90.6 cm³/mol. The number of esters is 1. The van der Waals surface area contributed by atoms with E-state index >= 15 is 0 Å². The fraction of sp³-hybridized carbons (Fsp3) is 0.111. The molecule has 25 heavy (non-hydrogen) atoms. The summed E-state index contributed by atoms with van der Waals surface area (Å²) >= 11 is 0. The van der Waals surface area contributed by atoms with Crippen LogP contribution < -0.4 is 0 Å². The van der Waals surface area contributed by atoms with Gasteiger partial charge >= 0.3 is 5.97 Å². The van der Waals surface area contributed by atoms with Crippen LogP contribution in [0.4, 0.5) is 5.69 Å². The van der Waals surface area contributed by atoms with Crippen molar-refractivity contribution in [2.45, 2.75) is 13.0 Å². The van der Waals surface area contributed by atoms with Gasteiger partial charge in [0, 0.05) is 34.8 Å². The quantitative estimate of drug-likeness (QED) is 0.332. The number of nitrogens with zero attached hydrogens (tertiary/aromatic N) is 1. The number of H-pyrrole nitrogens is 1. The number of carbonyl (C=O) groups is 2. The van der Waals surface area contributed by atoms with E-state index in [-0.39, 0.29) is 17.0 Å². The first-order valence-electron chi connectivity index (χ1n) is 7.53. The van der Waals surface area contributed by atoms with Gasteiger partial charge in [-0.05, 0) is 25.1 Å². The molecule has 0 aliphatic rings. The lowest BCUT2D eigenvalue weighted by atomic mass is 10.1. The molecule has 1 heterocycles. The van der Waals surface area contributed by atoms with Crippen molar-refractivity contribution in [2.24, 2.45) is 0 Å². The minimum absolute atomic E-state index is 0.125. The van der Waals surface area contributed by atoms with Crippen LogP contribution in [0.2, 0.25) is 0 Å². The number of aromatic amines is 1. The van der Waals surface area contributed by atoms with Gasteiger partial charge in [0.05, 0.1) is 10.5 Å². The lowest BCUT2D eigenvalue weighted by Gasteiger charge is -2.12. The lowest BCUT2D eigenvalue weighted by molar-refractivity contribution is -0.384. The number of ether oxygens (including phenoxy) is 1. The molecule has 1 atom stereocenters. The Balaban J connectivity index is 1.74. The third-order valence-corrected chi connectivity index (χ3v) is 3.82. The molecule has 0 saturated heterocycles. The highest BCUT2D eigenvalue weighted by Crippen LogP contribution is 2.20. The largest absolute Gasteiger partial charge is 0.451 e. The zero-order chi connectivity index (χ0) is 18.0. The summed E-state index contributed by atoms with van der Waals surface area (Å²) in [4.78, 5) is 37.7. The minimum atomic E-state index is -0.984. The van der Waals surface area contributed by atoms with E-state index in [9.17, 15) is 19.7 Å². The Labute approximate surface area is 142 Å². The number of non-ortho nitro benzene ring substituents is 1. The van der Waals surface area contributed by atoms with Crippen molar-refractivity contribution in [3.63, 3.8) is 0 Å². The second-order valence-electron chi connectivity index (χ2n) is 5.46. The Bertz CT molecular complexity index is 959. The Hall–Kier alpha value is -3.48. The summed E-state index contributed by atoms with van der Waals surface area (Å²) in [5.74, 6) is -1.04. The van der Waals surface area contributed by atoms with E-state index < -0.39 is 17.0 Å². The van der Waals surface area contributed by atoms with Crippen LogP contribution in [0.1, 0.15) is 27.6 Å². The van der Waals surface area contributed by atoms with Crippen LogP contribution in [0.5, 0.6) is 0 Å². The van der Waals surface area contributed by atoms with Crippen LogP contribution in [0.25, 0.3) is 10.9 Å². The predicted octanol–water partition coefficient (Wildman–Crippen LogP) is 3.50. The number of nitro groups is 1. The maximum atomic E-state index is 12.5. The number of nitro benzene ring substituents is 1. The van der Waals surface area contributed by atoms with E-state index in [2.05, 4.69) is 4.98 Å². The van der Waals surface area contributed by atoms with Gasteiger partial charge in [0.15, 0.2) is 6.10 Å². The van der Waals surface area contributed by atoms with Crippen LogP contribution in [-0.2, 0) is 4.74 Å². The Morgan fingerprint density at radius 2 is 1.80 bits per heavy atom. The zero-order valence-corrected chi connectivity index (χ0v) is 13.3. The summed E-state index contributed by atoms with van der Waals surface area (Å²) < 4.78 is 5.20.